The number of aryl methyl sites for hydroxylation is 2. The minimum absolute atomic E-state index is 0.0842. The molecule has 5 nitrogen and oxygen atoms in total. The molecule has 4 rings (SSSR count). The van der Waals surface area contributed by atoms with Crippen molar-refractivity contribution in [1.29, 1.82) is 0 Å². The molecule has 3 aromatic carbocycles. The number of aromatic nitrogens is 2. The maximum Gasteiger partial charge on any atom is 0.266 e. The van der Waals surface area contributed by atoms with Crippen LogP contribution in [0.1, 0.15) is 11.1 Å². The van der Waals surface area contributed by atoms with Crippen LogP contribution in [0.25, 0.3) is 16.6 Å². The zero-order chi connectivity index (χ0) is 22.0. The highest BCUT2D eigenvalue weighted by molar-refractivity contribution is 7.99. The topological polar surface area (TPSA) is 64.0 Å². The van der Waals surface area contributed by atoms with Crippen LogP contribution in [0.2, 0.25) is 5.02 Å². The number of anilines is 1. The third-order valence-electron chi connectivity index (χ3n) is 4.97. The second kappa shape index (κ2) is 8.96. The van der Waals surface area contributed by atoms with Gasteiger partial charge < -0.3 is 5.32 Å². The lowest BCUT2D eigenvalue weighted by atomic mass is 10.1. The minimum Gasteiger partial charge on any atom is -0.324 e. The van der Waals surface area contributed by atoms with Gasteiger partial charge in [0.05, 0.1) is 33.1 Å². The molecule has 0 unspecified atom stereocenters. The van der Waals surface area contributed by atoms with Crippen molar-refractivity contribution in [3.8, 4) is 5.69 Å². The molecule has 31 heavy (non-hydrogen) atoms. The summed E-state index contributed by atoms with van der Waals surface area (Å²) in [5.74, 6) is -0.145. The predicted octanol–water partition coefficient (Wildman–Crippen LogP) is 5.39. The Balaban J connectivity index is 1.70. The number of nitrogens with zero attached hydrogens (tertiary/aromatic N) is 2. The number of nitrogens with one attached hydrogen (secondary N) is 1. The lowest BCUT2D eigenvalue weighted by Crippen LogP contribution is -2.23. The van der Waals surface area contributed by atoms with Gasteiger partial charge in [-0.15, -0.1) is 0 Å². The standard InChI is InChI=1S/C24H20ClN3O2S/c1-15-11-12-17(13-16(15)2)28-23(30)18-7-3-5-9-20(18)27-24(28)31-14-22(29)26-21-10-6-4-8-19(21)25/h3-13H,14H2,1-2H3,(H,26,29). The second-order valence-corrected chi connectivity index (χ2v) is 8.49. The van der Waals surface area contributed by atoms with Crippen LogP contribution in [0.15, 0.2) is 76.7 Å². The molecule has 1 amide bonds. The summed E-state index contributed by atoms with van der Waals surface area (Å²) in [7, 11) is 0. The summed E-state index contributed by atoms with van der Waals surface area (Å²) >= 11 is 7.34. The number of carbonyl (C=O) groups excluding carboxylic acids is 1. The summed E-state index contributed by atoms with van der Waals surface area (Å²) in [6.45, 7) is 4.03. The summed E-state index contributed by atoms with van der Waals surface area (Å²) in [6.07, 6.45) is 0. The lowest BCUT2D eigenvalue weighted by molar-refractivity contribution is -0.113. The third-order valence-corrected chi connectivity index (χ3v) is 6.24. The molecule has 7 heteroatoms. The Hall–Kier alpha value is -3.09. The Kier molecular flexibility index (Phi) is 6.11. The summed E-state index contributed by atoms with van der Waals surface area (Å²) in [4.78, 5) is 30.5. The second-order valence-electron chi connectivity index (χ2n) is 7.14. The number of benzene rings is 3. The van der Waals surface area contributed by atoms with E-state index in [9.17, 15) is 9.59 Å². The molecular formula is C24H20ClN3O2S. The first-order valence-corrected chi connectivity index (χ1v) is 11.1. The summed E-state index contributed by atoms with van der Waals surface area (Å²) < 4.78 is 1.57. The van der Waals surface area contributed by atoms with E-state index in [1.54, 1.807) is 41.0 Å². The van der Waals surface area contributed by atoms with Crippen molar-refractivity contribution in [1.82, 2.24) is 9.55 Å². The quantitative estimate of drug-likeness (QED) is 0.328. The first-order valence-electron chi connectivity index (χ1n) is 9.70. The van der Waals surface area contributed by atoms with Crippen LogP contribution in [-0.4, -0.2) is 21.2 Å². The van der Waals surface area contributed by atoms with E-state index in [0.717, 1.165) is 16.8 Å². The summed E-state index contributed by atoms with van der Waals surface area (Å²) in [6, 6.07) is 20.1. The molecule has 1 aromatic heterocycles. The molecule has 0 saturated heterocycles. The first kappa shape index (κ1) is 21.2. The van der Waals surface area contributed by atoms with Gasteiger partial charge in [0.2, 0.25) is 5.91 Å². The monoisotopic (exact) mass is 449 g/mol. The summed E-state index contributed by atoms with van der Waals surface area (Å²) in [5, 5.41) is 4.26. The number of carbonyl (C=O) groups is 1. The molecule has 0 aliphatic rings. The fourth-order valence-electron chi connectivity index (χ4n) is 3.18. The van der Waals surface area contributed by atoms with Crippen LogP contribution in [0, 0.1) is 13.8 Å². The van der Waals surface area contributed by atoms with Crippen LogP contribution >= 0.6 is 23.4 Å². The van der Waals surface area contributed by atoms with Crippen molar-refractivity contribution in [2.45, 2.75) is 19.0 Å². The van der Waals surface area contributed by atoms with E-state index in [0.29, 0.717) is 26.8 Å². The maximum absolute atomic E-state index is 13.3. The zero-order valence-corrected chi connectivity index (χ0v) is 18.6. The molecule has 1 N–H and O–H groups in total. The molecule has 0 bridgehead atoms. The number of para-hydroxylation sites is 2. The van der Waals surface area contributed by atoms with Crippen LogP contribution in [0.5, 0.6) is 0 Å². The van der Waals surface area contributed by atoms with Crippen molar-refractivity contribution < 1.29 is 4.79 Å². The number of halogens is 1. The van der Waals surface area contributed by atoms with Crippen LogP contribution < -0.4 is 10.9 Å². The Bertz CT molecular complexity index is 1350. The van der Waals surface area contributed by atoms with Gasteiger partial charge in [0.15, 0.2) is 5.16 Å². The maximum atomic E-state index is 13.3. The van der Waals surface area contributed by atoms with Gasteiger partial charge in [-0.05, 0) is 61.4 Å². The predicted molar refractivity (Wildman–Crippen MR) is 128 cm³/mol. The number of hydrogen-bond acceptors (Lipinski definition) is 4. The molecule has 0 atom stereocenters. The Morgan fingerprint density at radius 2 is 1.77 bits per heavy atom. The zero-order valence-electron chi connectivity index (χ0n) is 17.1. The number of fused-ring (bicyclic) bond motifs is 1. The Morgan fingerprint density at radius 3 is 2.55 bits per heavy atom. The van der Waals surface area contributed by atoms with Crippen molar-refractivity contribution >= 4 is 45.9 Å². The van der Waals surface area contributed by atoms with Crippen molar-refractivity contribution in [2.24, 2.45) is 0 Å². The van der Waals surface area contributed by atoms with Gasteiger partial charge in [0.25, 0.3) is 5.56 Å². The molecule has 0 aliphatic carbocycles. The van der Waals surface area contributed by atoms with E-state index in [4.69, 9.17) is 11.6 Å². The smallest absolute Gasteiger partial charge is 0.266 e. The minimum atomic E-state index is -0.229. The third kappa shape index (κ3) is 4.50. The molecular weight excluding hydrogens is 430 g/mol. The van der Waals surface area contributed by atoms with Crippen LogP contribution in [0.3, 0.4) is 0 Å². The highest BCUT2D eigenvalue weighted by Gasteiger charge is 2.15. The summed E-state index contributed by atoms with van der Waals surface area (Å²) in [5.41, 5.74) is 3.92. The van der Waals surface area contributed by atoms with Gasteiger partial charge in [-0.2, -0.15) is 0 Å². The fraction of sp³-hybridized carbons (Fsp3) is 0.125. The van der Waals surface area contributed by atoms with E-state index in [2.05, 4.69) is 10.3 Å². The van der Waals surface area contributed by atoms with Crippen LogP contribution in [0.4, 0.5) is 5.69 Å². The normalized spacial score (nSPS) is 10.9. The Labute approximate surface area is 189 Å². The molecule has 0 radical (unpaired) electrons. The number of thioether (sulfide) groups is 1. The SMILES string of the molecule is Cc1ccc(-n2c(SCC(=O)Nc3ccccc3Cl)nc3ccccc3c2=O)cc1C. The van der Waals surface area contributed by atoms with Crippen molar-refractivity contribution in [2.75, 3.05) is 11.1 Å². The molecule has 1 heterocycles. The fourth-order valence-corrected chi connectivity index (χ4v) is 4.18. The number of rotatable bonds is 5. The largest absolute Gasteiger partial charge is 0.324 e. The van der Waals surface area contributed by atoms with Crippen molar-refractivity contribution in [3.63, 3.8) is 0 Å². The highest BCUT2D eigenvalue weighted by Crippen LogP contribution is 2.24. The van der Waals surface area contributed by atoms with Gasteiger partial charge in [-0.3, -0.25) is 14.2 Å². The average molecular weight is 450 g/mol. The van der Waals surface area contributed by atoms with E-state index < -0.39 is 0 Å². The Morgan fingerprint density at radius 1 is 1.03 bits per heavy atom. The number of hydrogen-bond donors (Lipinski definition) is 1. The van der Waals surface area contributed by atoms with Gasteiger partial charge >= 0.3 is 0 Å². The molecule has 0 saturated carbocycles. The van der Waals surface area contributed by atoms with E-state index in [-0.39, 0.29) is 17.2 Å². The lowest BCUT2D eigenvalue weighted by Gasteiger charge is -2.14. The van der Waals surface area contributed by atoms with Gasteiger partial charge in [0.1, 0.15) is 0 Å². The highest BCUT2D eigenvalue weighted by atomic mass is 35.5. The van der Waals surface area contributed by atoms with Crippen molar-refractivity contribution in [3.05, 3.63) is 93.2 Å². The van der Waals surface area contributed by atoms with E-state index >= 15 is 0 Å². The molecule has 0 spiro atoms. The molecule has 156 valence electrons. The molecule has 0 fully saturated rings. The van der Waals surface area contributed by atoms with Gasteiger partial charge in [0, 0.05) is 0 Å². The van der Waals surface area contributed by atoms with Gasteiger partial charge in [-0.1, -0.05) is 53.7 Å². The average Bonchev–Trinajstić information content (AvgIpc) is 2.76. The van der Waals surface area contributed by atoms with E-state index in [1.165, 1.54) is 11.8 Å². The molecule has 4 aromatic rings. The van der Waals surface area contributed by atoms with Gasteiger partial charge in [-0.25, -0.2) is 4.98 Å². The van der Waals surface area contributed by atoms with Crippen LogP contribution in [-0.2, 0) is 4.79 Å². The first-order chi connectivity index (χ1) is 14.9. The van der Waals surface area contributed by atoms with E-state index in [1.807, 2.05) is 44.2 Å². The molecule has 0 aliphatic heterocycles. The number of amides is 1.